The Hall–Kier alpha value is -4.57. The highest BCUT2D eigenvalue weighted by atomic mass is 35.5. The van der Waals surface area contributed by atoms with Gasteiger partial charge in [-0.25, -0.2) is 4.79 Å². The Morgan fingerprint density at radius 3 is 2.56 bits per heavy atom. The van der Waals surface area contributed by atoms with E-state index in [4.69, 9.17) is 25.8 Å². The lowest BCUT2D eigenvalue weighted by Gasteiger charge is -2.29. The van der Waals surface area contributed by atoms with Crippen LogP contribution in [-0.4, -0.2) is 40.9 Å². The average molecular weight is 578 g/mol. The molecule has 5 rings (SSSR count). The van der Waals surface area contributed by atoms with Gasteiger partial charge in [0.2, 0.25) is 11.8 Å². The van der Waals surface area contributed by atoms with E-state index in [0.717, 1.165) is 0 Å². The number of hydrogen-bond donors (Lipinski definition) is 2. The van der Waals surface area contributed by atoms with E-state index < -0.39 is 18.0 Å². The molecule has 11 heteroatoms. The van der Waals surface area contributed by atoms with Crippen LogP contribution in [0.25, 0.3) is 0 Å². The number of piperidine rings is 1. The molecule has 0 spiro atoms. The topological polar surface area (TPSA) is 123 Å². The second-order valence-corrected chi connectivity index (χ2v) is 10.4. The Morgan fingerprint density at radius 1 is 1.07 bits per heavy atom. The molecule has 3 aromatic rings. The van der Waals surface area contributed by atoms with Crippen LogP contribution < -0.4 is 20.1 Å². The van der Waals surface area contributed by atoms with E-state index in [1.54, 1.807) is 60.7 Å². The third-order valence-corrected chi connectivity index (χ3v) is 6.81. The van der Waals surface area contributed by atoms with Gasteiger partial charge in [0, 0.05) is 29.2 Å². The summed E-state index contributed by atoms with van der Waals surface area (Å²) in [5.41, 5.74) is 2.04. The van der Waals surface area contributed by atoms with Gasteiger partial charge in [0.1, 0.15) is 29.9 Å². The number of hydrogen-bond acceptors (Lipinski definition) is 7. The molecule has 0 saturated carbocycles. The van der Waals surface area contributed by atoms with E-state index in [1.807, 2.05) is 13.8 Å². The maximum atomic E-state index is 13.5. The van der Waals surface area contributed by atoms with Gasteiger partial charge < -0.3 is 19.1 Å². The number of carbonyl (C=O) groups excluding carboxylic acids is 4. The van der Waals surface area contributed by atoms with Crippen molar-refractivity contribution in [1.82, 2.24) is 10.2 Å². The summed E-state index contributed by atoms with van der Waals surface area (Å²) in [4.78, 5) is 51.5. The zero-order chi connectivity index (χ0) is 29.1. The summed E-state index contributed by atoms with van der Waals surface area (Å²) >= 11 is 5.99. The maximum absolute atomic E-state index is 13.5. The summed E-state index contributed by atoms with van der Waals surface area (Å²) in [6, 6.07) is 16.5. The minimum Gasteiger partial charge on any atom is -0.490 e. The van der Waals surface area contributed by atoms with Crippen LogP contribution in [0.15, 0.2) is 60.7 Å². The molecule has 1 fully saturated rings. The van der Waals surface area contributed by atoms with Gasteiger partial charge >= 0.3 is 6.09 Å². The Bertz CT molecular complexity index is 1510. The lowest BCUT2D eigenvalue weighted by Crippen LogP contribution is -2.52. The van der Waals surface area contributed by atoms with E-state index in [2.05, 4.69) is 10.6 Å². The fourth-order valence-electron chi connectivity index (χ4n) is 4.72. The first-order chi connectivity index (χ1) is 19.7. The number of imide groups is 1. The normalized spacial score (nSPS) is 16.3. The standard InChI is InChI=1S/C30H28ClN3O7/c1-17(2)40-27-19(7-6-18-15-34(29(37)26(18)27)24-12-13-25(35)33-28(24)36)16-39-30(38)32-21-8-10-22(11-9-21)41-23-5-3-4-20(31)14-23/h3-11,14,17,24H,12-13,15-16H2,1-2H3,(H,32,38)(H,33,35,36). The molecule has 10 nitrogen and oxygen atoms in total. The second-order valence-electron chi connectivity index (χ2n) is 9.94. The maximum Gasteiger partial charge on any atom is 0.411 e. The highest BCUT2D eigenvalue weighted by Gasteiger charge is 2.41. The first-order valence-corrected chi connectivity index (χ1v) is 13.5. The lowest BCUT2D eigenvalue weighted by molar-refractivity contribution is -0.136. The zero-order valence-corrected chi connectivity index (χ0v) is 23.2. The van der Waals surface area contributed by atoms with Crippen molar-refractivity contribution in [3.8, 4) is 17.2 Å². The van der Waals surface area contributed by atoms with Crippen LogP contribution in [0.3, 0.4) is 0 Å². The Morgan fingerprint density at radius 2 is 1.85 bits per heavy atom. The Kier molecular flexibility index (Phi) is 8.11. The number of anilines is 1. The number of nitrogens with zero attached hydrogens (tertiary/aromatic N) is 1. The van der Waals surface area contributed by atoms with Crippen LogP contribution >= 0.6 is 11.6 Å². The van der Waals surface area contributed by atoms with E-state index in [0.29, 0.717) is 44.6 Å². The average Bonchev–Trinajstić information content (AvgIpc) is 3.25. The molecule has 2 N–H and O–H groups in total. The molecular weight excluding hydrogens is 550 g/mol. The summed E-state index contributed by atoms with van der Waals surface area (Å²) < 4.78 is 17.2. The first-order valence-electron chi connectivity index (χ1n) is 13.1. The van der Waals surface area contributed by atoms with Gasteiger partial charge in [-0.2, -0.15) is 0 Å². The van der Waals surface area contributed by atoms with Crippen molar-refractivity contribution >= 4 is 41.1 Å². The fraction of sp³-hybridized carbons (Fsp3) is 0.267. The van der Waals surface area contributed by atoms with Crippen LogP contribution in [0.2, 0.25) is 5.02 Å². The number of nitrogens with one attached hydrogen (secondary N) is 2. The van der Waals surface area contributed by atoms with Crippen molar-refractivity contribution in [3.05, 3.63) is 82.4 Å². The van der Waals surface area contributed by atoms with Crippen LogP contribution in [0, 0.1) is 0 Å². The van der Waals surface area contributed by atoms with Crippen molar-refractivity contribution in [2.24, 2.45) is 0 Å². The molecule has 2 heterocycles. The summed E-state index contributed by atoms with van der Waals surface area (Å²) in [6.45, 7) is 3.72. The molecule has 0 aromatic heterocycles. The SMILES string of the molecule is CC(C)Oc1c(COC(=O)Nc2ccc(Oc3cccc(Cl)c3)cc2)ccc2c1C(=O)N(C1CCC(=O)NC1=O)C2. The van der Waals surface area contributed by atoms with Crippen LogP contribution in [0.4, 0.5) is 10.5 Å². The van der Waals surface area contributed by atoms with Crippen LogP contribution in [0.5, 0.6) is 17.2 Å². The largest absolute Gasteiger partial charge is 0.490 e. The summed E-state index contributed by atoms with van der Waals surface area (Å²) in [5.74, 6) is 0.266. The number of amides is 4. The minimum atomic E-state index is -0.743. The summed E-state index contributed by atoms with van der Waals surface area (Å²) in [6.07, 6.45) is -0.535. The van der Waals surface area contributed by atoms with Crippen molar-refractivity contribution in [2.75, 3.05) is 5.32 Å². The molecule has 1 unspecified atom stereocenters. The highest BCUT2D eigenvalue weighted by Crippen LogP contribution is 2.37. The molecule has 4 amide bonds. The molecule has 2 aliphatic heterocycles. The predicted octanol–water partition coefficient (Wildman–Crippen LogP) is 5.43. The number of halogens is 1. The molecule has 0 aliphatic carbocycles. The van der Waals surface area contributed by atoms with Crippen LogP contribution in [0.1, 0.15) is 48.2 Å². The lowest BCUT2D eigenvalue weighted by atomic mass is 10.0. The summed E-state index contributed by atoms with van der Waals surface area (Å²) in [5, 5.41) is 5.53. The third-order valence-electron chi connectivity index (χ3n) is 6.57. The molecule has 41 heavy (non-hydrogen) atoms. The molecule has 1 atom stereocenters. The third kappa shape index (κ3) is 6.44. The number of rotatable bonds is 8. The Balaban J connectivity index is 1.25. The quantitative estimate of drug-likeness (QED) is 0.342. The van der Waals surface area contributed by atoms with E-state index in [-0.39, 0.29) is 43.9 Å². The van der Waals surface area contributed by atoms with Gasteiger partial charge in [-0.15, -0.1) is 0 Å². The zero-order valence-electron chi connectivity index (χ0n) is 22.4. The molecule has 1 saturated heterocycles. The van der Waals surface area contributed by atoms with Gasteiger partial charge in [-0.1, -0.05) is 29.8 Å². The molecule has 0 radical (unpaired) electrons. The van der Waals surface area contributed by atoms with Crippen LogP contribution in [-0.2, 0) is 27.5 Å². The number of benzene rings is 3. The van der Waals surface area contributed by atoms with Gasteiger partial charge in [-0.05, 0) is 68.3 Å². The van der Waals surface area contributed by atoms with E-state index >= 15 is 0 Å². The minimum absolute atomic E-state index is 0.150. The van der Waals surface area contributed by atoms with Gasteiger partial charge in [-0.3, -0.25) is 25.0 Å². The van der Waals surface area contributed by atoms with E-state index in [1.165, 1.54) is 4.90 Å². The van der Waals surface area contributed by atoms with Crippen molar-refractivity contribution in [2.45, 2.75) is 52.0 Å². The number of ether oxygens (including phenoxy) is 3. The fourth-order valence-corrected chi connectivity index (χ4v) is 4.90. The van der Waals surface area contributed by atoms with E-state index in [9.17, 15) is 19.2 Å². The summed E-state index contributed by atoms with van der Waals surface area (Å²) in [7, 11) is 0. The Labute approximate surface area is 241 Å². The van der Waals surface area contributed by atoms with Gasteiger partial charge in [0.15, 0.2) is 0 Å². The van der Waals surface area contributed by atoms with Crippen molar-refractivity contribution < 1.29 is 33.4 Å². The predicted molar refractivity (Wildman–Crippen MR) is 150 cm³/mol. The van der Waals surface area contributed by atoms with Gasteiger partial charge in [0.05, 0.1) is 11.7 Å². The monoisotopic (exact) mass is 577 g/mol. The first kappa shape index (κ1) is 28.0. The molecule has 212 valence electrons. The highest BCUT2D eigenvalue weighted by molar-refractivity contribution is 6.30. The number of carbonyl (C=O) groups is 4. The molecule has 3 aromatic carbocycles. The smallest absolute Gasteiger partial charge is 0.411 e. The number of fused-ring (bicyclic) bond motifs is 1. The molecule has 0 bridgehead atoms. The van der Waals surface area contributed by atoms with Crippen molar-refractivity contribution in [1.29, 1.82) is 0 Å². The molecular formula is C30H28ClN3O7. The second kappa shape index (κ2) is 11.9. The molecule has 2 aliphatic rings. The van der Waals surface area contributed by atoms with Crippen molar-refractivity contribution in [3.63, 3.8) is 0 Å². The van der Waals surface area contributed by atoms with Gasteiger partial charge in [0.25, 0.3) is 5.91 Å².